The van der Waals surface area contributed by atoms with Crippen LogP contribution >= 0.6 is 0 Å². The van der Waals surface area contributed by atoms with E-state index in [1.165, 1.54) is 20.2 Å². The van der Waals surface area contributed by atoms with Gasteiger partial charge in [-0.2, -0.15) is 0 Å². The van der Waals surface area contributed by atoms with Crippen LogP contribution in [0.15, 0.2) is 36.8 Å². The van der Waals surface area contributed by atoms with Gasteiger partial charge in [0.05, 0.1) is 6.33 Å². The number of nitrogens with two attached hydrogens (primary N) is 1. The molecule has 0 aliphatic heterocycles. The van der Waals surface area contributed by atoms with Crippen LogP contribution in [0.1, 0.15) is 78.6 Å². The van der Waals surface area contributed by atoms with Crippen LogP contribution in [0.2, 0.25) is 0 Å². The number of hydrogen-bond acceptors (Lipinski definition) is 8. The van der Waals surface area contributed by atoms with Gasteiger partial charge in [-0.25, -0.2) is 9.78 Å². The number of aryl methyl sites for hydroxylation is 1. The number of aromatic nitrogens is 2. The van der Waals surface area contributed by atoms with Crippen LogP contribution in [-0.2, 0) is 32.0 Å². The summed E-state index contributed by atoms with van der Waals surface area (Å²) in [7, 11) is 0. The van der Waals surface area contributed by atoms with Crippen LogP contribution in [0.4, 0.5) is 0 Å². The zero-order valence-corrected chi connectivity index (χ0v) is 25.1. The number of carbonyl (C=O) groups is 3. The van der Waals surface area contributed by atoms with Gasteiger partial charge in [-0.3, -0.25) is 9.59 Å². The summed E-state index contributed by atoms with van der Waals surface area (Å²) >= 11 is 0. The van der Waals surface area contributed by atoms with Gasteiger partial charge in [-0.15, -0.1) is 0 Å². The topological polar surface area (TPSA) is 134 Å². The summed E-state index contributed by atoms with van der Waals surface area (Å²) in [6.45, 7) is 16.7. The van der Waals surface area contributed by atoms with Crippen LogP contribution in [-0.4, -0.2) is 39.5 Å². The van der Waals surface area contributed by atoms with Crippen LogP contribution < -0.4 is 15.2 Å². The molecule has 3 aromatic rings. The Balaban J connectivity index is 0.000000611. The van der Waals surface area contributed by atoms with E-state index < -0.39 is 18.0 Å². The van der Waals surface area contributed by atoms with Gasteiger partial charge in [0, 0.05) is 43.1 Å². The Morgan fingerprint density at radius 1 is 0.950 bits per heavy atom. The van der Waals surface area contributed by atoms with Crippen LogP contribution in [0.3, 0.4) is 0 Å². The Kier molecular flexibility index (Phi) is 11.0. The monoisotopic (exact) mass is 553 g/mol. The Morgan fingerprint density at radius 2 is 1.57 bits per heavy atom. The molecule has 0 radical (unpaired) electrons. The Labute approximate surface area is 236 Å². The number of carbonyl (C=O) groups excluding carboxylic acids is 3. The van der Waals surface area contributed by atoms with E-state index in [0.29, 0.717) is 17.6 Å². The highest BCUT2D eigenvalue weighted by Crippen LogP contribution is 2.43. The van der Waals surface area contributed by atoms with E-state index in [4.69, 9.17) is 19.9 Å². The SMILES string of the molecule is CC(=O)OC(C)(C)C.CC(=O)Oc1c(CCC(C)(C)C)c(C)c2ccccc2c1OC(=O)C(N)Cc1cnc[nH]1. The molecule has 9 heteroatoms. The average molecular weight is 554 g/mol. The highest BCUT2D eigenvalue weighted by molar-refractivity contribution is 5.97. The number of imidazole rings is 1. The fourth-order valence-corrected chi connectivity index (χ4v) is 4.08. The number of aromatic amines is 1. The van der Waals surface area contributed by atoms with Gasteiger partial charge in [0.15, 0.2) is 11.5 Å². The lowest BCUT2D eigenvalue weighted by molar-refractivity contribution is -0.152. The molecule has 1 aromatic heterocycles. The third-order valence-electron chi connectivity index (χ3n) is 5.83. The molecule has 218 valence electrons. The smallest absolute Gasteiger partial charge is 0.328 e. The number of nitrogens with zero attached hydrogens (tertiary/aromatic N) is 1. The van der Waals surface area contributed by atoms with E-state index in [1.807, 2.05) is 52.0 Å². The predicted molar refractivity (Wildman–Crippen MR) is 155 cm³/mol. The van der Waals surface area contributed by atoms with Gasteiger partial charge in [-0.1, -0.05) is 45.0 Å². The molecule has 3 N–H and O–H groups in total. The van der Waals surface area contributed by atoms with E-state index in [1.54, 1.807) is 6.20 Å². The Hall–Kier alpha value is -3.72. The fraction of sp³-hybridized carbons (Fsp3) is 0.484. The third kappa shape index (κ3) is 10.1. The molecule has 2 aromatic carbocycles. The summed E-state index contributed by atoms with van der Waals surface area (Å²) in [5, 5.41) is 1.64. The zero-order valence-electron chi connectivity index (χ0n) is 25.1. The number of rotatable bonds is 7. The van der Waals surface area contributed by atoms with Gasteiger partial charge in [-0.05, 0) is 56.9 Å². The number of nitrogens with one attached hydrogen (secondary N) is 1. The summed E-state index contributed by atoms with van der Waals surface area (Å²) in [4.78, 5) is 42.0. The van der Waals surface area contributed by atoms with Crippen molar-refractivity contribution >= 4 is 28.7 Å². The maximum Gasteiger partial charge on any atom is 0.328 e. The third-order valence-corrected chi connectivity index (χ3v) is 5.83. The average Bonchev–Trinajstić information content (AvgIpc) is 3.32. The van der Waals surface area contributed by atoms with E-state index >= 15 is 0 Å². The number of esters is 3. The minimum absolute atomic E-state index is 0.0782. The van der Waals surface area contributed by atoms with Crippen molar-refractivity contribution in [1.29, 1.82) is 0 Å². The van der Waals surface area contributed by atoms with Crippen molar-refractivity contribution in [2.24, 2.45) is 11.1 Å². The molecule has 0 saturated carbocycles. The first-order valence-corrected chi connectivity index (χ1v) is 13.3. The molecule has 1 atom stereocenters. The molecular formula is C31H43N3O6. The minimum atomic E-state index is -0.904. The summed E-state index contributed by atoms with van der Waals surface area (Å²) in [6.07, 6.45) is 4.94. The molecule has 0 aliphatic rings. The first-order valence-electron chi connectivity index (χ1n) is 13.3. The molecule has 0 spiro atoms. The minimum Gasteiger partial charge on any atom is -0.460 e. The highest BCUT2D eigenvalue weighted by Gasteiger charge is 2.26. The summed E-state index contributed by atoms with van der Waals surface area (Å²) in [5.74, 6) is -0.785. The lowest BCUT2D eigenvalue weighted by Gasteiger charge is -2.23. The maximum atomic E-state index is 12.9. The zero-order chi connectivity index (χ0) is 30.3. The van der Waals surface area contributed by atoms with Crippen molar-refractivity contribution in [2.75, 3.05) is 0 Å². The van der Waals surface area contributed by atoms with Gasteiger partial charge >= 0.3 is 17.9 Å². The molecule has 0 aliphatic carbocycles. The number of fused-ring (bicyclic) bond motifs is 1. The van der Waals surface area contributed by atoms with Gasteiger partial charge in [0.1, 0.15) is 11.6 Å². The lowest BCUT2D eigenvalue weighted by Crippen LogP contribution is -2.36. The van der Waals surface area contributed by atoms with Crippen LogP contribution in [0, 0.1) is 12.3 Å². The molecule has 3 rings (SSSR count). The van der Waals surface area contributed by atoms with Crippen molar-refractivity contribution in [1.82, 2.24) is 9.97 Å². The number of hydrogen-bond donors (Lipinski definition) is 2. The molecule has 0 amide bonds. The molecule has 0 bridgehead atoms. The summed E-state index contributed by atoms with van der Waals surface area (Å²) < 4.78 is 16.3. The Morgan fingerprint density at radius 3 is 2.05 bits per heavy atom. The lowest BCUT2D eigenvalue weighted by atomic mass is 9.86. The standard InChI is InChI=1S/C25H31N3O4.C6H12O2/c1-15-18-8-6-7-9-20(18)23(32-24(30)21(26)12-17-13-27-14-28-17)22(31-16(2)29)19(15)10-11-25(3,4)5;1-5(7)8-6(2,3)4/h6-9,13-14,21H,10-12,26H2,1-5H3,(H,27,28);1-4H3. The largest absolute Gasteiger partial charge is 0.460 e. The molecule has 40 heavy (non-hydrogen) atoms. The molecule has 9 nitrogen and oxygen atoms in total. The van der Waals surface area contributed by atoms with Crippen molar-refractivity contribution in [2.45, 2.75) is 93.2 Å². The van der Waals surface area contributed by atoms with Crippen LogP contribution in [0.5, 0.6) is 11.5 Å². The summed E-state index contributed by atoms with van der Waals surface area (Å²) in [5.41, 5.74) is 8.45. The first kappa shape index (κ1) is 32.5. The van der Waals surface area contributed by atoms with Crippen molar-refractivity contribution in [3.05, 3.63) is 53.6 Å². The summed E-state index contributed by atoms with van der Waals surface area (Å²) in [6, 6.07) is 6.72. The first-order chi connectivity index (χ1) is 18.5. The van der Waals surface area contributed by atoms with Gasteiger partial charge in [0.25, 0.3) is 0 Å². The molecule has 1 heterocycles. The number of benzene rings is 2. The molecule has 1 unspecified atom stereocenters. The fourth-order valence-electron chi connectivity index (χ4n) is 4.08. The van der Waals surface area contributed by atoms with Crippen LogP contribution in [0.25, 0.3) is 10.8 Å². The van der Waals surface area contributed by atoms with E-state index in [0.717, 1.165) is 28.6 Å². The second kappa shape index (κ2) is 13.6. The Bertz CT molecular complexity index is 1320. The number of H-pyrrole nitrogens is 1. The normalized spacial score (nSPS) is 12.2. The van der Waals surface area contributed by atoms with E-state index in [9.17, 15) is 14.4 Å². The molecular weight excluding hydrogens is 510 g/mol. The van der Waals surface area contributed by atoms with Crippen molar-refractivity contribution in [3.8, 4) is 11.5 Å². The second-order valence-electron chi connectivity index (χ2n) is 12.0. The predicted octanol–water partition coefficient (Wildman–Crippen LogP) is 5.60. The van der Waals surface area contributed by atoms with E-state index in [-0.39, 0.29) is 29.2 Å². The highest BCUT2D eigenvalue weighted by atomic mass is 16.6. The molecule has 0 fully saturated rings. The molecule has 0 saturated heterocycles. The van der Waals surface area contributed by atoms with Gasteiger partial charge < -0.3 is 24.9 Å². The maximum absolute atomic E-state index is 12.9. The van der Waals surface area contributed by atoms with Crippen molar-refractivity contribution < 1.29 is 28.6 Å². The second-order valence-corrected chi connectivity index (χ2v) is 12.0. The van der Waals surface area contributed by atoms with Gasteiger partial charge in [0.2, 0.25) is 0 Å². The van der Waals surface area contributed by atoms with Crippen molar-refractivity contribution in [3.63, 3.8) is 0 Å². The quantitative estimate of drug-likeness (QED) is 0.285. The number of ether oxygens (including phenoxy) is 3. The van der Waals surface area contributed by atoms with E-state index in [2.05, 4.69) is 30.7 Å².